The lowest BCUT2D eigenvalue weighted by Crippen LogP contribution is -2.30. The molecule has 8 heteroatoms. The molecule has 0 saturated heterocycles. The molecule has 0 aliphatic heterocycles. The third-order valence-corrected chi connectivity index (χ3v) is 6.08. The fourth-order valence-corrected chi connectivity index (χ4v) is 4.89. The van der Waals surface area contributed by atoms with Crippen molar-refractivity contribution in [1.29, 1.82) is 0 Å². The summed E-state index contributed by atoms with van der Waals surface area (Å²) >= 11 is 1.55. The number of hydrogen-bond donors (Lipinski definition) is 1. The van der Waals surface area contributed by atoms with Crippen LogP contribution in [0.2, 0.25) is 0 Å². The number of nitrogens with one attached hydrogen (secondary N) is 1. The number of para-hydroxylation sites is 2. The number of nitrogens with zero attached hydrogens (tertiary/aromatic N) is 3. The van der Waals surface area contributed by atoms with E-state index in [0.717, 1.165) is 29.5 Å². The topological polar surface area (TPSA) is 86.1 Å². The van der Waals surface area contributed by atoms with Gasteiger partial charge in [-0.05, 0) is 49.8 Å². The molecule has 0 bridgehead atoms. The molecule has 3 aromatic rings. The van der Waals surface area contributed by atoms with Gasteiger partial charge in [-0.15, -0.1) is 16.4 Å². The van der Waals surface area contributed by atoms with Crippen LogP contribution in [0.4, 0.5) is 5.69 Å². The van der Waals surface area contributed by atoms with Crippen molar-refractivity contribution in [3.63, 3.8) is 0 Å². The van der Waals surface area contributed by atoms with Gasteiger partial charge in [0.1, 0.15) is 12.3 Å². The number of hydrogen-bond acceptors (Lipinski definition) is 6. The second-order valence-corrected chi connectivity index (χ2v) is 8.15. The minimum atomic E-state index is -0.347. The van der Waals surface area contributed by atoms with E-state index < -0.39 is 0 Å². The molecule has 0 spiro atoms. The zero-order chi connectivity index (χ0) is 19.7. The number of amides is 1. The second kappa shape index (κ2) is 7.71. The average molecular weight is 398 g/mol. The Balaban J connectivity index is 1.59. The van der Waals surface area contributed by atoms with Crippen LogP contribution in [0.3, 0.4) is 0 Å². The Bertz CT molecular complexity index is 1090. The number of anilines is 1. The van der Waals surface area contributed by atoms with Crippen LogP contribution in [-0.4, -0.2) is 27.5 Å². The molecule has 28 heavy (non-hydrogen) atoms. The molecule has 2 heterocycles. The van der Waals surface area contributed by atoms with Crippen LogP contribution in [0, 0.1) is 5.92 Å². The fraction of sp³-hybridized carbons (Fsp3) is 0.400. The summed E-state index contributed by atoms with van der Waals surface area (Å²) in [5.41, 5.74) is 1.41. The third kappa shape index (κ3) is 3.52. The summed E-state index contributed by atoms with van der Waals surface area (Å²) in [7, 11) is 0. The van der Waals surface area contributed by atoms with Crippen molar-refractivity contribution in [2.24, 2.45) is 5.92 Å². The van der Waals surface area contributed by atoms with E-state index in [4.69, 9.17) is 4.74 Å². The maximum atomic E-state index is 13.0. The van der Waals surface area contributed by atoms with Crippen LogP contribution in [0.5, 0.6) is 5.75 Å². The van der Waals surface area contributed by atoms with Gasteiger partial charge in [-0.2, -0.15) is 0 Å². The van der Waals surface area contributed by atoms with Crippen LogP contribution in [-0.2, 0) is 24.2 Å². The van der Waals surface area contributed by atoms with Gasteiger partial charge in [-0.25, -0.2) is 4.68 Å². The van der Waals surface area contributed by atoms with Gasteiger partial charge in [0, 0.05) is 4.88 Å². The van der Waals surface area contributed by atoms with Gasteiger partial charge in [0.05, 0.1) is 17.7 Å². The van der Waals surface area contributed by atoms with E-state index in [1.54, 1.807) is 23.5 Å². The average Bonchev–Trinajstić information content (AvgIpc) is 3.04. The Labute approximate surface area is 166 Å². The van der Waals surface area contributed by atoms with E-state index in [-0.39, 0.29) is 18.0 Å². The molecule has 7 nitrogen and oxygen atoms in total. The normalized spacial score (nSPS) is 16.0. The van der Waals surface area contributed by atoms with Gasteiger partial charge in [0.15, 0.2) is 4.83 Å². The number of carbonyl (C=O) groups is 1. The number of carbonyl (C=O) groups excluding carboxylic acids is 1. The van der Waals surface area contributed by atoms with Crippen molar-refractivity contribution in [3.05, 3.63) is 45.1 Å². The van der Waals surface area contributed by atoms with Gasteiger partial charge in [-0.1, -0.05) is 24.3 Å². The van der Waals surface area contributed by atoms with Crippen molar-refractivity contribution in [2.45, 2.75) is 39.7 Å². The number of aromatic nitrogens is 3. The largest absolute Gasteiger partial charge is 0.492 e. The van der Waals surface area contributed by atoms with E-state index in [9.17, 15) is 9.59 Å². The Hall–Kier alpha value is -2.74. The minimum Gasteiger partial charge on any atom is -0.492 e. The summed E-state index contributed by atoms with van der Waals surface area (Å²) < 4.78 is 6.66. The molecule has 4 rings (SSSR count). The fourth-order valence-electron chi connectivity index (χ4n) is 3.57. The lowest BCUT2D eigenvalue weighted by molar-refractivity contribution is -0.117. The second-order valence-electron chi connectivity index (χ2n) is 7.06. The highest BCUT2D eigenvalue weighted by Gasteiger charge is 2.24. The first-order valence-corrected chi connectivity index (χ1v) is 10.3. The van der Waals surface area contributed by atoms with Gasteiger partial charge in [0.25, 0.3) is 5.56 Å². The SMILES string of the molecule is CCOc1ccccc1NC(=O)Cn1nnc2sc3c(c2c1=O)CC[C@H](C)C3. The van der Waals surface area contributed by atoms with Crippen LogP contribution in [0.25, 0.3) is 10.2 Å². The Morgan fingerprint density at radius 1 is 1.39 bits per heavy atom. The molecule has 0 unspecified atom stereocenters. The van der Waals surface area contributed by atoms with Gasteiger partial charge < -0.3 is 10.1 Å². The maximum absolute atomic E-state index is 13.0. The van der Waals surface area contributed by atoms with Crippen molar-refractivity contribution in [2.75, 3.05) is 11.9 Å². The van der Waals surface area contributed by atoms with E-state index in [2.05, 4.69) is 22.6 Å². The van der Waals surface area contributed by atoms with Crippen molar-refractivity contribution < 1.29 is 9.53 Å². The number of benzene rings is 1. The molecule has 0 saturated carbocycles. The Morgan fingerprint density at radius 3 is 3.04 bits per heavy atom. The van der Waals surface area contributed by atoms with Crippen LogP contribution in [0.15, 0.2) is 29.1 Å². The molecule has 1 aliphatic carbocycles. The minimum absolute atomic E-state index is 0.191. The lowest BCUT2D eigenvalue weighted by Gasteiger charge is -2.17. The molecule has 1 amide bonds. The smallest absolute Gasteiger partial charge is 0.279 e. The summed E-state index contributed by atoms with van der Waals surface area (Å²) in [4.78, 5) is 27.4. The molecular formula is C20H22N4O3S. The zero-order valence-electron chi connectivity index (χ0n) is 15.9. The number of rotatable bonds is 5. The van der Waals surface area contributed by atoms with E-state index >= 15 is 0 Å². The molecule has 1 atom stereocenters. The van der Waals surface area contributed by atoms with Gasteiger partial charge >= 0.3 is 0 Å². The highest BCUT2D eigenvalue weighted by molar-refractivity contribution is 7.18. The third-order valence-electron chi connectivity index (χ3n) is 4.94. The van der Waals surface area contributed by atoms with Crippen LogP contribution >= 0.6 is 11.3 Å². The molecule has 2 aromatic heterocycles. The van der Waals surface area contributed by atoms with Gasteiger partial charge in [0.2, 0.25) is 5.91 Å². The number of fused-ring (bicyclic) bond motifs is 3. The Kier molecular flexibility index (Phi) is 5.13. The number of ether oxygens (including phenoxy) is 1. The summed E-state index contributed by atoms with van der Waals surface area (Å²) in [6, 6.07) is 7.20. The van der Waals surface area contributed by atoms with Gasteiger partial charge in [-0.3, -0.25) is 9.59 Å². The first kappa shape index (κ1) is 18.6. The quantitative estimate of drug-likeness (QED) is 0.714. The van der Waals surface area contributed by atoms with E-state index in [0.29, 0.717) is 34.2 Å². The zero-order valence-corrected chi connectivity index (χ0v) is 16.7. The van der Waals surface area contributed by atoms with Crippen LogP contribution < -0.4 is 15.6 Å². The predicted octanol–water partition coefficient (Wildman–Crippen LogP) is 3.02. The number of aryl methyl sites for hydroxylation is 1. The first-order chi connectivity index (χ1) is 13.6. The molecule has 0 radical (unpaired) electrons. The first-order valence-electron chi connectivity index (χ1n) is 9.46. The highest BCUT2D eigenvalue weighted by atomic mass is 32.1. The molecular weight excluding hydrogens is 376 g/mol. The van der Waals surface area contributed by atoms with Crippen molar-refractivity contribution in [1.82, 2.24) is 15.0 Å². The molecule has 0 fully saturated rings. The van der Waals surface area contributed by atoms with E-state index in [1.807, 2.05) is 19.1 Å². The highest BCUT2D eigenvalue weighted by Crippen LogP contribution is 2.35. The maximum Gasteiger partial charge on any atom is 0.279 e. The molecule has 1 N–H and O–H groups in total. The van der Waals surface area contributed by atoms with Crippen LogP contribution in [0.1, 0.15) is 30.7 Å². The summed E-state index contributed by atoms with van der Waals surface area (Å²) in [6.07, 6.45) is 2.92. The Morgan fingerprint density at radius 2 is 2.21 bits per heavy atom. The summed E-state index contributed by atoms with van der Waals surface area (Å²) in [5.74, 6) is 0.862. The summed E-state index contributed by atoms with van der Waals surface area (Å²) in [6.45, 7) is 4.41. The number of thiophene rings is 1. The molecule has 146 valence electrons. The monoisotopic (exact) mass is 398 g/mol. The predicted molar refractivity (Wildman–Crippen MR) is 109 cm³/mol. The van der Waals surface area contributed by atoms with Crippen molar-refractivity contribution >= 4 is 33.1 Å². The summed E-state index contributed by atoms with van der Waals surface area (Å²) in [5, 5.41) is 11.6. The van der Waals surface area contributed by atoms with Crippen molar-refractivity contribution in [3.8, 4) is 5.75 Å². The molecule has 1 aliphatic rings. The standard InChI is InChI=1S/C20H22N4O3S/c1-3-27-15-7-5-4-6-14(15)21-17(25)11-24-20(26)18-13-9-8-12(2)10-16(13)28-19(18)22-23-24/h4-7,12H,3,8-11H2,1-2H3,(H,21,25)/t12-/m0/s1. The lowest BCUT2D eigenvalue weighted by atomic mass is 9.89. The molecule has 1 aromatic carbocycles. The van der Waals surface area contributed by atoms with E-state index in [1.165, 1.54) is 4.88 Å².